The number of aromatic nitrogens is 1. The molecule has 3 N–H and O–H groups in total. The van der Waals surface area contributed by atoms with Gasteiger partial charge in [0.05, 0.1) is 11.2 Å². The van der Waals surface area contributed by atoms with Gasteiger partial charge in [-0.15, -0.1) is 0 Å². The van der Waals surface area contributed by atoms with E-state index in [0.29, 0.717) is 0 Å². The Morgan fingerprint density at radius 2 is 2.29 bits per heavy atom. The molecule has 2 rings (SSSR count). The summed E-state index contributed by atoms with van der Waals surface area (Å²) in [5, 5.41) is 4.25. The highest BCUT2D eigenvalue weighted by Gasteiger charge is 2.05. The lowest BCUT2D eigenvalue weighted by atomic mass is 10.1. The van der Waals surface area contributed by atoms with Gasteiger partial charge in [0, 0.05) is 28.3 Å². The number of anilines is 2. The van der Waals surface area contributed by atoms with Gasteiger partial charge in [0.1, 0.15) is 0 Å². The normalized spacial score (nSPS) is 10.5. The summed E-state index contributed by atoms with van der Waals surface area (Å²) < 4.78 is 0.925. The van der Waals surface area contributed by atoms with Crippen molar-refractivity contribution in [3.8, 4) is 0 Å². The Kier molecular flexibility index (Phi) is 3.33. The molecule has 0 saturated heterocycles. The topological polar surface area (TPSA) is 50.9 Å². The van der Waals surface area contributed by atoms with E-state index in [9.17, 15) is 0 Å². The monoisotopic (exact) mass is 291 g/mol. The Hall–Kier alpha value is -1.55. The van der Waals surface area contributed by atoms with Crippen molar-refractivity contribution >= 4 is 38.2 Å². The van der Waals surface area contributed by atoms with Crippen LogP contribution in [0.25, 0.3) is 10.9 Å². The second-order valence-corrected chi connectivity index (χ2v) is 4.98. The van der Waals surface area contributed by atoms with Crippen molar-refractivity contribution < 1.29 is 0 Å². The standard InChI is InChI=1S/C13H14BrN3/c1-8(2)6-16-12-4-3-11(15)10-5-9(14)7-17-13(10)12/h3-5,7,16H,1,6,15H2,2H3. The van der Waals surface area contributed by atoms with Crippen LogP contribution in [-0.2, 0) is 0 Å². The third kappa shape index (κ3) is 2.58. The second kappa shape index (κ2) is 4.75. The molecule has 0 unspecified atom stereocenters. The molecule has 0 fully saturated rings. The van der Waals surface area contributed by atoms with E-state index in [2.05, 4.69) is 32.8 Å². The summed E-state index contributed by atoms with van der Waals surface area (Å²) in [5.74, 6) is 0. The summed E-state index contributed by atoms with van der Waals surface area (Å²) in [5.41, 5.74) is 9.61. The molecular weight excluding hydrogens is 278 g/mol. The number of fused-ring (bicyclic) bond motifs is 1. The fraction of sp³-hybridized carbons (Fsp3) is 0.154. The van der Waals surface area contributed by atoms with Crippen molar-refractivity contribution in [2.24, 2.45) is 0 Å². The molecule has 17 heavy (non-hydrogen) atoms. The molecule has 0 bridgehead atoms. The molecule has 0 aliphatic rings. The van der Waals surface area contributed by atoms with Gasteiger partial charge in [0.25, 0.3) is 0 Å². The fourth-order valence-corrected chi connectivity index (χ4v) is 1.94. The zero-order valence-electron chi connectivity index (χ0n) is 9.63. The number of pyridine rings is 1. The smallest absolute Gasteiger partial charge is 0.0954 e. The van der Waals surface area contributed by atoms with E-state index in [1.165, 1.54) is 0 Å². The molecule has 0 aliphatic heterocycles. The van der Waals surface area contributed by atoms with E-state index in [1.807, 2.05) is 25.1 Å². The number of rotatable bonds is 3. The maximum Gasteiger partial charge on any atom is 0.0954 e. The number of hydrogen-bond acceptors (Lipinski definition) is 3. The third-order valence-electron chi connectivity index (χ3n) is 2.43. The predicted molar refractivity (Wildman–Crippen MR) is 77.2 cm³/mol. The van der Waals surface area contributed by atoms with Crippen molar-refractivity contribution in [3.63, 3.8) is 0 Å². The highest BCUT2D eigenvalue weighted by Crippen LogP contribution is 2.28. The molecule has 0 radical (unpaired) electrons. The Labute approximate surface area is 109 Å². The molecule has 0 aliphatic carbocycles. The first-order valence-electron chi connectivity index (χ1n) is 5.30. The molecule has 0 spiro atoms. The van der Waals surface area contributed by atoms with E-state index in [-0.39, 0.29) is 0 Å². The van der Waals surface area contributed by atoms with Crippen molar-refractivity contribution in [1.29, 1.82) is 0 Å². The number of nitrogens with two attached hydrogens (primary N) is 1. The number of nitrogen functional groups attached to an aromatic ring is 1. The van der Waals surface area contributed by atoms with E-state index in [4.69, 9.17) is 5.73 Å². The lowest BCUT2D eigenvalue weighted by Gasteiger charge is -2.10. The van der Waals surface area contributed by atoms with Gasteiger partial charge >= 0.3 is 0 Å². The maximum absolute atomic E-state index is 5.94. The van der Waals surface area contributed by atoms with Crippen molar-refractivity contribution in [2.75, 3.05) is 17.6 Å². The SMILES string of the molecule is C=C(C)CNc1ccc(N)c2cc(Br)cnc12. The molecule has 2 aromatic rings. The Bertz CT molecular complexity index is 578. The number of nitrogens with one attached hydrogen (secondary N) is 1. The minimum atomic E-state index is 0.731. The number of hydrogen-bond donors (Lipinski definition) is 2. The summed E-state index contributed by atoms with van der Waals surface area (Å²) in [7, 11) is 0. The Morgan fingerprint density at radius 1 is 1.53 bits per heavy atom. The summed E-state index contributed by atoms with van der Waals surface area (Å²) in [6, 6.07) is 5.81. The number of nitrogens with zero attached hydrogens (tertiary/aromatic N) is 1. The maximum atomic E-state index is 5.94. The van der Waals surface area contributed by atoms with Crippen LogP contribution in [0.4, 0.5) is 11.4 Å². The molecule has 3 nitrogen and oxygen atoms in total. The zero-order chi connectivity index (χ0) is 12.4. The molecule has 0 saturated carbocycles. The van der Waals surface area contributed by atoms with Crippen LogP contribution in [0.2, 0.25) is 0 Å². The van der Waals surface area contributed by atoms with Crippen LogP contribution >= 0.6 is 15.9 Å². The quantitative estimate of drug-likeness (QED) is 0.671. The predicted octanol–water partition coefficient (Wildman–Crippen LogP) is 3.57. The average molecular weight is 292 g/mol. The van der Waals surface area contributed by atoms with Crippen molar-refractivity contribution in [3.05, 3.63) is 41.0 Å². The summed E-state index contributed by atoms with van der Waals surface area (Å²) in [6.07, 6.45) is 1.77. The number of halogens is 1. The van der Waals surface area contributed by atoms with E-state index >= 15 is 0 Å². The van der Waals surface area contributed by atoms with E-state index in [1.54, 1.807) is 6.20 Å². The Balaban J connectivity index is 2.50. The second-order valence-electron chi connectivity index (χ2n) is 4.06. The largest absolute Gasteiger partial charge is 0.398 e. The molecule has 88 valence electrons. The minimum absolute atomic E-state index is 0.731. The van der Waals surface area contributed by atoms with Crippen LogP contribution in [0.15, 0.2) is 41.0 Å². The van der Waals surface area contributed by atoms with Gasteiger partial charge in [-0.1, -0.05) is 12.2 Å². The third-order valence-corrected chi connectivity index (χ3v) is 2.86. The summed E-state index contributed by atoms with van der Waals surface area (Å²) >= 11 is 3.40. The van der Waals surface area contributed by atoms with Crippen LogP contribution in [0.1, 0.15) is 6.92 Å². The first kappa shape index (κ1) is 11.9. The average Bonchev–Trinajstić information content (AvgIpc) is 2.28. The number of benzene rings is 1. The fourth-order valence-electron chi connectivity index (χ4n) is 1.60. The summed E-state index contributed by atoms with van der Waals surface area (Å²) in [4.78, 5) is 4.40. The van der Waals surface area contributed by atoms with Gasteiger partial charge in [-0.05, 0) is 41.1 Å². The van der Waals surface area contributed by atoms with Gasteiger partial charge < -0.3 is 11.1 Å². The molecule has 1 aromatic heterocycles. The highest BCUT2D eigenvalue weighted by molar-refractivity contribution is 9.10. The minimum Gasteiger partial charge on any atom is -0.398 e. The Morgan fingerprint density at radius 3 is 3.00 bits per heavy atom. The molecular formula is C13H14BrN3. The molecule has 4 heteroatoms. The molecule has 0 atom stereocenters. The zero-order valence-corrected chi connectivity index (χ0v) is 11.2. The van der Waals surface area contributed by atoms with E-state index in [0.717, 1.165) is 38.9 Å². The van der Waals surface area contributed by atoms with Crippen LogP contribution < -0.4 is 11.1 Å². The lowest BCUT2D eigenvalue weighted by Crippen LogP contribution is -2.03. The van der Waals surface area contributed by atoms with Gasteiger partial charge in [-0.25, -0.2) is 0 Å². The highest BCUT2D eigenvalue weighted by atomic mass is 79.9. The van der Waals surface area contributed by atoms with Crippen LogP contribution in [-0.4, -0.2) is 11.5 Å². The molecule has 1 heterocycles. The van der Waals surface area contributed by atoms with Crippen molar-refractivity contribution in [1.82, 2.24) is 4.98 Å². The lowest BCUT2D eigenvalue weighted by molar-refractivity contribution is 1.22. The van der Waals surface area contributed by atoms with Gasteiger partial charge in [0.2, 0.25) is 0 Å². The van der Waals surface area contributed by atoms with Crippen LogP contribution in [0.5, 0.6) is 0 Å². The molecule has 1 aromatic carbocycles. The van der Waals surface area contributed by atoms with Crippen LogP contribution in [0, 0.1) is 0 Å². The van der Waals surface area contributed by atoms with Gasteiger partial charge in [-0.2, -0.15) is 0 Å². The first-order valence-corrected chi connectivity index (χ1v) is 6.09. The van der Waals surface area contributed by atoms with E-state index < -0.39 is 0 Å². The van der Waals surface area contributed by atoms with Crippen LogP contribution in [0.3, 0.4) is 0 Å². The summed E-state index contributed by atoms with van der Waals surface area (Å²) in [6.45, 7) is 6.58. The molecule has 0 amide bonds. The van der Waals surface area contributed by atoms with Gasteiger partial charge in [-0.3, -0.25) is 4.98 Å². The van der Waals surface area contributed by atoms with Crippen molar-refractivity contribution in [2.45, 2.75) is 6.92 Å². The first-order chi connectivity index (χ1) is 8.08. The van der Waals surface area contributed by atoms with Gasteiger partial charge in [0.15, 0.2) is 0 Å².